The summed E-state index contributed by atoms with van der Waals surface area (Å²) in [5.74, 6) is 1.000. The van der Waals surface area contributed by atoms with E-state index in [1.807, 2.05) is 37.3 Å². The lowest BCUT2D eigenvalue weighted by Gasteiger charge is -2.20. The number of nitrogens with zero attached hydrogens (tertiary/aromatic N) is 4. The van der Waals surface area contributed by atoms with Crippen molar-refractivity contribution in [2.24, 2.45) is 0 Å². The predicted molar refractivity (Wildman–Crippen MR) is 139 cm³/mol. The number of hydrogen-bond donors (Lipinski definition) is 1. The second-order valence-corrected chi connectivity index (χ2v) is 9.88. The lowest BCUT2D eigenvalue weighted by atomic mass is 9.89. The van der Waals surface area contributed by atoms with Crippen LogP contribution in [0.5, 0.6) is 0 Å². The average molecular weight is 484 g/mol. The van der Waals surface area contributed by atoms with Crippen LogP contribution in [0.25, 0.3) is 11.4 Å². The van der Waals surface area contributed by atoms with E-state index in [9.17, 15) is 4.79 Å². The Balaban J connectivity index is 1.28. The number of thioether (sulfide) groups is 1. The van der Waals surface area contributed by atoms with Crippen molar-refractivity contribution < 1.29 is 4.79 Å². The van der Waals surface area contributed by atoms with Gasteiger partial charge in [-0.2, -0.15) is 0 Å². The Labute approximate surface area is 210 Å². The monoisotopic (exact) mass is 483 g/mol. The maximum Gasteiger partial charge on any atom is 0.230 e. The number of hydrogen-bond acceptors (Lipinski definition) is 5. The van der Waals surface area contributed by atoms with Crippen molar-refractivity contribution in [1.29, 1.82) is 0 Å². The Bertz CT molecular complexity index is 1290. The average Bonchev–Trinajstić information content (AvgIpc) is 3.30. The summed E-state index contributed by atoms with van der Waals surface area (Å²) in [5.41, 5.74) is 6.09. The van der Waals surface area contributed by atoms with E-state index in [2.05, 4.69) is 55.4 Å². The lowest BCUT2D eigenvalue weighted by molar-refractivity contribution is -0.119. The molecule has 0 radical (unpaired) electrons. The second-order valence-electron chi connectivity index (χ2n) is 8.93. The normalized spacial score (nSPS) is 13.7. The standard InChI is InChI=1S/C28H29N5OS/c1-20(23-14-13-22-10-5-6-11-24(22)16-23)30-26(34)19-35-28-32-31-27(25-12-7-15-29-17-25)33(28)18-21-8-3-2-4-9-21/h2-4,7-9,12-17,20H,5-6,10-11,18-19H2,1H3,(H,30,34). The van der Waals surface area contributed by atoms with Crippen molar-refractivity contribution in [3.8, 4) is 11.4 Å². The first-order valence-electron chi connectivity index (χ1n) is 12.1. The highest BCUT2D eigenvalue weighted by Crippen LogP contribution is 2.26. The van der Waals surface area contributed by atoms with Gasteiger partial charge in [-0.15, -0.1) is 10.2 Å². The minimum Gasteiger partial charge on any atom is -0.349 e. The third kappa shape index (κ3) is 5.62. The van der Waals surface area contributed by atoms with Crippen LogP contribution in [0.3, 0.4) is 0 Å². The number of amides is 1. The third-order valence-corrected chi connectivity index (χ3v) is 7.37. The highest BCUT2D eigenvalue weighted by Gasteiger charge is 2.18. The van der Waals surface area contributed by atoms with Gasteiger partial charge >= 0.3 is 0 Å². The van der Waals surface area contributed by atoms with Crippen LogP contribution in [0.1, 0.15) is 48.1 Å². The number of nitrogens with one attached hydrogen (secondary N) is 1. The number of aromatic nitrogens is 4. The highest BCUT2D eigenvalue weighted by atomic mass is 32.2. The van der Waals surface area contributed by atoms with Gasteiger partial charge in [-0.3, -0.25) is 14.3 Å². The SMILES string of the molecule is CC(NC(=O)CSc1nnc(-c2cccnc2)n1Cc1ccccc1)c1ccc2c(c1)CCCC2. The van der Waals surface area contributed by atoms with Crippen molar-refractivity contribution >= 4 is 17.7 Å². The quantitative estimate of drug-likeness (QED) is 0.347. The van der Waals surface area contributed by atoms with E-state index in [0.29, 0.717) is 11.7 Å². The summed E-state index contributed by atoms with van der Waals surface area (Å²) in [5, 5.41) is 12.7. The Hall–Kier alpha value is -3.45. The van der Waals surface area contributed by atoms with Gasteiger partial charge in [0.25, 0.3) is 0 Å². The number of pyridine rings is 1. The van der Waals surface area contributed by atoms with E-state index in [-0.39, 0.29) is 17.7 Å². The molecule has 2 aromatic carbocycles. The van der Waals surface area contributed by atoms with Crippen molar-refractivity contribution in [1.82, 2.24) is 25.1 Å². The van der Waals surface area contributed by atoms with E-state index < -0.39 is 0 Å². The van der Waals surface area contributed by atoms with Crippen LogP contribution in [0.15, 0.2) is 78.2 Å². The lowest BCUT2D eigenvalue weighted by Crippen LogP contribution is -2.28. The molecule has 0 saturated heterocycles. The summed E-state index contributed by atoms with van der Waals surface area (Å²) >= 11 is 1.41. The van der Waals surface area contributed by atoms with E-state index >= 15 is 0 Å². The Morgan fingerprint density at radius 1 is 1.03 bits per heavy atom. The molecule has 0 aliphatic heterocycles. The van der Waals surface area contributed by atoms with Crippen LogP contribution in [0, 0.1) is 0 Å². The van der Waals surface area contributed by atoms with Crippen LogP contribution in [-0.4, -0.2) is 31.4 Å². The highest BCUT2D eigenvalue weighted by molar-refractivity contribution is 7.99. The first-order valence-corrected chi connectivity index (χ1v) is 13.1. The molecule has 1 unspecified atom stereocenters. The number of fused-ring (bicyclic) bond motifs is 1. The molecule has 2 heterocycles. The van der Waals surface area contributed by atoms with Crippen LogP contribution >= 0.6 is 11.8 Å². The molecule has 1 atom stereocenters. The summed E-state index contributed by atoms with van der Waals surface area (Å²) in [6.07, 6.45) is 8.34. The van der Waals surface area contributed by atoms with Crippen LogP contribution < -0.4 is 5.32 Å². The zero-order valence-corrected chi connectivity index (χ0v) is 20.7. The molecule has 1 N–H and O–H groups in total. The van der Waals surface area contributed by atoms with Gasteiger partial charge in [0.1, 0.15) is 0 Å². The molecule has 1 aliphatic rings. The molecule has 0 fully saturated rings. The van der Waals surface area contributed by atoms with Crippen LogP contribution in [0.2, 0.25) is 0 Å². The summed E-state index contributed by atoms with van der Waals surface area (Å²) < 4.78 is 2.05. The largest absolute Gasteiger partial charge is 0.349 e. The zero-order chi connectivity index (χ0) is 24.0. The van der Waals surface area contributed by atoms with Gasteiger partial charge < -0.3 is 5.32 Å². The maximum atomic E-state index is 12.8. The van der Waals surface area contributed by atoms with Gasteiger partial charge in [0.2, 0.25) is 5.91 Å². The van der Waals surface area contributed by atoms with Gasteiger partial charge in [-0.25, -0.2) is 0 Å². The number of carbonyl (C=O) groups is 1. The Kier molecular flexibility index (Phi) is 7.23. The van der Waals surface area contributed by atoms with Crippen molar-refractivity contribution in [2.45, 2.75) is 50.4 Å². The number of benzene rings is 2. The fourth-order valence-electron chi connectivity index (χ4n) is 4.53. The van der Waals surface area contributed by atoms with Gasteiger partial charge in [-0.05, 0) is 67.0 Å². The van der Waals surface area contributed by atoms with Crippen LogP contribution in [-0.2, 0) is 24.2 Å². The number of aryl methyl sites for hydroxylation is 2. The topological polar surface area (TPSA) is 72.7 Å². The first-order chi connectivity index (χ1) is 17.2. The fourth-order valence-corrected chi connectivity index (χ4v) is 5.28. The van der Waals surface area contributed by atoms with Crippen molar-refractivity contribution in [2.75, 3.05) is 5.75 Å². The number of carbonyl (C=O) groups excluding carboxylic acids is 1. The summed E-state index contributed by atoms with van der Waals surface area (Å²) in [7, 11) is 0. The molecule has 0 spiro atoms. The van der Waals surface area contributed by atoms with Gasteiger partial charge in [-0.1, -0.05) is 60.3 Å². The van der Waals surface area contributed by atoms with Crippen LogP contribution in [0.4, 0.5) is 0 Å². The van der Waals surface area contributed by atoms with E-state index in [4.69, 9.17) is 0 Å². The molecule has 6 nitrogen and oxygen atoms in total. The molecule has 0 bridgehead atoms. The van der Waals surface area contributed by atoms with Gasteiger partial charge in [0.05, 0.1) is 18.3 Å². The number of rotatable bonds is 8. The van der Waals surface area contributed by atoms with E-state index in [1.54, 1.807) is 12.4 Å². The zero-order valence-electron chi connectivity index (χ0n) is 19.9. The predicted octanol–water partition coefficient (Wildman–Crippen LogP) is 5.24. The smallest absolute Gasteiger partial charge is 0.230 e. The minimum absolute atomic E-state index is 0.0163. The molecule has 1 aliphatic carbocycles. The molecular formula is C28H29N5OS. The van der Waals surface area contributed by atoms with Gasteiger partial charge in [0.15, 0.2) is 11.0 Å². The molecule has 0 saturated carbocycles. The van der Waals surface area contributed by atoms with E-state index in [0.717, 1.165) is 35.4 Å². The van der Waals surface area contributed by atoms with Gasteiger partial charge in [0, 0.05) is 18.0 Å². The van der Waals surface area contributed by atoms with Crippen molar-refractivity contribution in [3.05, 3.63) is 95.3 Å². The molecule has 35 heavy (non-hydrogen) atoms. The molecule has 7 heteroatoms. The molecular weight excluding hydrogens is 454 g/mol. The molecule has 5 rings (SSSR count). The third-order valence-electron chi connectivity index (χ3n) is 6.40. The summed E-state index contributed by atoms with van der Waals surface area (Å²) in [4.78, 5) is 17.1. The molecule has 2 aromatic heterocycles. The second kappa shape index (κ2) is 10.9. The fraction of sp³-hybridized carbons (Fsp3) is 0.286. The summed E-state index contributed by atoms with van der Waals surface area (Å²) in [6, 6.07) is 20.7. The molecule has 178 valence electrons. The Morgan fingerprint density at radius 3 is 2.66 bits per heavy atom. The van der Waals surface area contributed by atoms with Crippen molar-refractivity contribution in [3.63, 3.8) is 0 Å². The molecule has 4 aromatic rings. The molecule has 1 amide bonds. The minimum atomic E-state index is -0.0385. The van der Waals surface area contributed by atoms with E-state index in [1.165, 1.54) is 35.7 Å². The first kappa shape index (κ1) is 23.3. The summed E-state index contributed by atoms with van der Waals surface area (Å²) in [6.45, 7) is 2.67. The maximum absolute atomic E-state index is 12.8. The Morgan fingerprint density at radius 2 is 1.86 bits per heavy atom.